The molecule has 1 rings (SSSR count). The lowest BCUT2D eigenvalue weighted by Gasteiger charge is -2.11. The third-order valence-corrected chi connectivity index (χ3v) is 3.23. The summed E-state index contributed by atoms with van der Waals surface area (Å²) in [4.78, 5) is 21.8. The molecule has 0 aromatic rings. The van der Waals surface area contributed by atoms with E-state index in [1.54, 1.807) is 0 Å². The predicted molar refractivity (Wildman–Crippen MR) is 69.3 cm³/mol. The van der Waals surface area contributed by atoms with Gasteiger partial charge in [0.05, 0.1) is 6.54 Å². The summed E-state index contributed by atoms with van der Waals surface area (Å²) < 4.78 is 0. The van der Waals surface area contributed by atoms with Crippen molar-refractivity contribution >= 4 is 11.9 Å². The van der Waals surface area contributed by atoms with Gasteiger partial charge in [-0.25, -0.2) is 0 Å². The molecule has 1 fully saturated rings. The fraction of sp³-hybridized carbons (Fsp3) is 0.846. The molecule has 0 spiro atoms. The van der Waals surface area contributed by atoms with Gasteiger partial charge in [0.15, 0.2) is 0 Å². The van der Waals surface area contributed by atoms with Crippen LogP contribution in [0, 0.1) is 11.8 Å². The molecular weight excluding hydrogens is 232 g/mol. The Bertz CT molecular complexity index is 277. The number of aliphatic carboxylic acids is 1. The highest BCUT2D eigenvalue weighted by Gasteiger charge is 2.20. The standard InChI is InChI=1S/C13H24N2O3/c1-10(2-5-13(17)18)6-7-15-12(16)9-14-8-11-3-4-11/h10-11,14H,2-9H2,1H3,(H,15,16)(H,17,18). The zero-order valence-electron chi connectivity index (χ0n) is 11.1. The van der Waals surface area contributed by atoms with Crippen LogP contribution >= 0.6 is 0 Å². The first-order valence-electron chi connectivity index (χ1n) is 6.77. The summed E-state index contributed by atoms with van der Waals surface area (Å²) in [6.45, 7) is 3.98. The van der Waals surface area contributed by atoms with E-state index in [9.17, 15) is 9.59 Å². The van der Waals surface area contributed by atoms with Crippen LogP contribution in [-0.4, -0.2) is 36.6 Å². The number of hydrogen-bond donors (Lipinski definition) is 3. The van der Waals surface area contributed by atoms with Crippen molar-refractivity contribution in [1.82, 2.24) is 10.6 Å². The largest absolute Gasteiger partial charge is 0.481 e. The lowest BCUT2D eigenvalue weighted by molar-refractivity contribution is -0.137. The molecule has 3 N–H and O–H groups in total. The number of carbonyl (C=O) groups is 2. The smallest absolute Gasteiger partial charge is 0.303 e. The van der Waals surface area contributed by atoms with Crippen LogP contribution in [0.3, 0.4) is 0 Å². The fourth-order valence-corrected chi connectivity index (χ4v) is 1.75. The molecule has 1 saturated carbocycles. The third-order valence-electron chi connectivity index (χ3n) is 3.23. The molecule has 104 valence electrons. The molecule has 0 bridgehead atoms. The lowest BCUT2D eigenvalue weighted by atomic mass is 10.0. The summed E-state index contributed by atoms with van der Waals surface area (Å²) in [6, 6.07) is 0. The molecule has 0 aromatic carbocycles. The second kappa shape index (κ2) is 8.08. The molecule has 0 radical (unpaired) electrons. The first-order chi connectivity index (χ1) is 8.58. The van der Waals surface area contributed by atoms with E-state index in [4.69, 9.17) is 5.11 Å². The van der Waals surface area contributed by atoms with Crippen LogP contribution < -0.4 is 10.6 Å². The average Bonchev–Trinajstić information content (AvgIpc) is 3.10. The van der Waals surface area contributed by atoms with Crippen molar-refractivity contribution in [2.24, 2.45) is 11.8 Å². The van der Waals surface area contributed by atoms with E-state index in [2.05, 4.69) is 10.6 Å². The fourth-order valence-electron chi connectivity index (χ4n) is 1.75. The molecule has 1 atom stereocenters. The highest BCUT2D eigenvalue weighted by atomic mass is 16.4. The number of carbonyl (C=O) groups excluding carboxylic acids is 1. The van der Waals surface area contributed by atoms with Gasteiger partial charge < -0.3 is 15.7 Å². The Balaban J connectivity index is 1.91. The van der Waals surface area contributed by atoms with Crippen molar-refractivity contribution < 1.29 is 14.7 Å². The summed E-state index contributed by atoms with van der Waals surface area (Å²) in [6.07, 6.45) is 4.29. The second-order valence-electron chi connectivity index (χ2n) is 5.25. The Hall–Kier alpha value is -1.10. The molecule has 1 unspecified atom stereocenters. The number of carboxylic acids is 1. The molecule has 0 aliphatic heterocycles. The minimum Gasteiger partial charge on any atom is -0.481 e. The summed E-state index contributed by atoms with van der Waals surface area (Å²) in [5.41, 5.74) is 0. The predicted octanol–water partition coefficient (Wildman–Crippen LogP) is 0.993. The monoisotopic (exact) mass is 256 g/mol. The molecule has 0 saturated heterocycles. The summed E-state index contributed by atoms with van der Waals surface area (Å²) in [7, 11) is 0. The van der Waals surface area contributed by atoms with Gasteiger partial charge in [0.1, 0.15) is 0 Å². The molecule has 1 aliphatic rings. The normalized spacial score (nSPS) is 16.3. The molecule has 1 amide bonds. The van der Waals surface area contributed by atoms with Gasteiger partial charge >= 0.3 is 5.97 Å². The van der Waals surface area contributed by atoms with Crippen molar-refractivity contribution in [2.75, 3.05) is 19.6 Å². The van der Waals surface area contributed by atoms with E-state index >= 15 is 0 Å². The van der Waals surface area contributed by atoms with Crippen LogP contribution in [0.1, 0.15) is 39.0 Å². The number of amides is 1. The summed E-state index contributed by atoms with van der Waals surface area (Å²) in [5.74, 6) is 0.394. The Morgan fingerprint density at radius 3 is 2.67 bits per heavy atom. The molecule has 1 aliphatic carbocycles. The number of nitrogens with one attached hydrogen (secondary N) is 2. The molecule has 5 nitrogen and oxygen atoms in total. The van der Waals surface area contributed by atoms with Gasteiger partial charge in [-0.3, -0.25) is 9.59 Å². The Labute approximate surface area is 108 Å². The second-order valence-corrected chi connectivity index (χ2v) is 5.25. The van der Waals surface area contributed by atoms with Crippen LogP contribution in [0.25, 0.3) is 0 Å². The van der Waals surface area contributed by atoms with Gasteiger partial charge in [-0.15, -0.1) is 0 Å². The molecule has 18 heavy (non-hydrogen) atoms. The van der Waals surface area contributed by atoms with E-state index in [-0.39, 0.29) is 12.3 Å². The number of carboxylic acid groups (broad SMARTS) is 1. The minimum absolute atomic E-state index is 0.0288. The quantitative estimate of drug-likeness (QED) is 0.545. The van der Waals surface area contributed by atoms with E-state index in [1.165, 1.54) is 12.8 Å². The average molecular weight is 256 g/mol. The van der Waals surface area contributed by atoms with E-state index in [0.717, 1.165) is 18.9 Å². The van der Waals surface area contributed by atoms with Crippen LogP contribution in [0.2, 0.25) is 0 Å². The van der Waals surface area contributed by atoms with Crippen molar-refractivity contribution in [3.8, 4) is 0 Å². The highest BCUT2D eigenvalue weighted by molar-refractivity contribution is 5.77. The van der Waals surface area contributed by atoms with Crippen LogP contribution in [0.15, 0.2) is 0 Å². The van der Waals surface area contributed by atoms with Gasteiger partial charge in [-0.2, -0.15) is 0 Å². The van der Waals surface area contributed by atoms with E-state index < -0.39 is 5.97 Å². The van der Waals surface area contributed by atoms with Gasteiger partial charge in [0.2, 0.25) is 5.91 Å². The van der Waals surface area contributed by atoms with Gasteiger partial charge in [-0.05, 0) is 44.1 Å². The van der Waals surface area contributed by atoms with E-state index in [1.807, 2.05) is 6.92 Å². The zero-order chi connectivity index (χ0) is 13.4. The van der Waals surface area contributed by atoms with Crippen LogP contribution in [-0.2, 0) is 9.59 Å². The lowest BCUT2D eigenvalue weighted by Crippen LogP contribution is -2.35. The molecular formula is C13H24N2O3. The van der Waals surface area contributed by atoms with Crippen LogP contribution in [0.4, 0.5) is 0 Å². The first-order valence-corrected chi connectivity index (χ1v) is 6.77. The molecule has 0 heterocycles. The maximum absolute atomic E-state index is 11.4. The van der Waals surface area contributed by atoms with Crippen molar-refractivity contribution in [3.63, 3.8) is 0 Å². The topological polar surface area (TPSA) is 78.4 Å². The minimum atomic E-state index is -0.754. The Morgan fingerprint density at radius 1 is 1.33 bits per heavy atom. The van der Waals surface area contributed by atoms with Crippen LogP contribution in [0.5, 0.6) is 0 Å². The maximum atomic E-state index is 11.4. The SMILES string of the molecule is CC(CCNC(=O)CNCC1CC1)CCC(=O)O. The number of rotatable bonds is 10. The van der Waals surface area contributed by atoms with Gasteiger partial charge in [0.25, 0.3) is 0 Å². The highest BCUT2D eigenvalue weighted by Crippen LogP contribution is 2.27. The Kier molecular flexibility index (Phi) is 6.72. The summed E-state index contributed by atoms with van der Waals surface area (Å²) >= 11 is 0. The van der Waals surface area contributed by atoms with Crippen molar-refractivity contribution in [1.29, 1.82) is 0 Å². The third kappa shape index (κ3) is 8.06. The maximum Gasteiger partial charge on any atom is 0.303 e. The molecule has 5 heteroatoms. The Morgan fingerprint density at radius 2 is 2.06 bits per heavy atom. The van der Waals surface area contributed by atoms with E-state index in [0.29, 0.717) is 25.4 Å². The number of hydrogen-bond acceptors (Lipinski definition) is 3. The summed E-state index contributed by atoms with van der Waals surface area (Å²) in [5, 5.41) is 14.5. The molecule has 0 aromatic heterocycles. The van der Waals surface area contributed by atoms with Gasteiger partial charge in [-0.1, -0.05) is 6.92 Å². The zero-order valence-corrected chi connectivity index (χ0v) is 11.1. The first kappa shape index (κ1) is 15.0. The van der Waals surface area contributed by atoms with Gasteiger partial charge in [0, 0.05) is 13.0 Å². The van der Waals surface area contributed by atoms with Crippen molar-refractivity contribution in [2.45, 2.75) is 39.0 Å². The van der Waals surface area contributed by atoms with Crippen molar-refractivity contribution in [3.05, 3.63) is 0 Å².